The van der Waals surface area contributed by atoms with E-state index in [4.69, 9.17) is 5.11 Å². The number of hydrogen-bond donors (Lipinski definition) is 1. The summed E-state index contributed by atoms with van der Waals surface area (Å²) in [5.74, 6) is 1.19. The van der Waals surface area contributed by atoms with Gasteiger partial charge in [-0.05, 0) is 31.7 Å². The predicted octanol–water partition coefficient (Wildman–Crippen LogP) is 1.87. The zero-order chi connectivity index (χ0) is 12.4. The maximum absolute atomic E-state index is 9.13. The average Bonchev–Trinajstić information content (AvgIpc) is 3.08. The number of hydrogen-bond acceptors (Lipinski definition) is 4. The number of aromatic nitrogens is 2. The van der Waals surface area contributed by atoms with Gasteiger partial charge < -0.3 is 10.0 Å². The Morgan fingerprint density at radius 2 is 2.12 bits per heavy atom. The van der Waals surface area contributed by atoms with Crippen molar-refractivity contribution in [1.82, 2.24) is 9.97 Å². The van der Waals surface area contributed by atoms with Crippen molar-refractivity contribution in [2.45, 2.75) is 45.6 Å². The van der Waals surface area contributed by atoms with Crippen LogP contribution in [0, 0.1) is 6.92 Å². The summed E-state index contributed by atoms with van der Waals surface area (Å²) in [6, 6.07) is 2.57. The van der Waals surface area contributed by atoms with Crippen LogP contribution in [0.3, 0.4) is 0 Å². The zero-order valence-corrected chi connectivity index (χ0v) is 10.8. The molecule has 1 heterocycles. The van der Waals surface area contributed by atoms with Crippen molar-refractivity contribution in [2.75, 3.05) is 18.1 Å². The third-order valence-electron chi connectivity index (χ3n) is 3.04. The molecule has 0 unspecified atom stereocenters. The maximum Gasteiger partial charge on any atom is 0.226 e. The predicted molar refractivity (Wildman–Crippen MR) is 68.3 cm³/mol. The van der Waals surface area contributed by atoms with Crippen LogP contribution < -0.4 is 4.90 Å². The lowest BCUT2D eigenvalue weighted by atomic mass is 10.1. The van der Waals surface area contributed by atoms with Crippen molar-refractivity contribution >= 4 is 5.95 Å². The number of rotatable bonds is 5. The summed E-state index contributed by atoms with van der Waals surface area (Å²) in [4.78, 5) is 11.3. The Bertz CT molecular complexity index is 388. The summed E-state index contributed by atoms with van der Waals surface area (Å²) in [6.45, 7) is 7.07. The molecule has 1 saturated carbocycles. The van der Waals surface area contributed by atoms with E-state index >= 15 is 0 Å². The van der Waals surface area contributed by atoms with Gasteiger partial charge in [-0.2, -0.15) is 0 Å². The first-order chi connectivity index (χ1) is 8.11. The van der Waals surface area contributed by atoms with E-state index in [0.717, 1.165) is 17.3 Å². The highest BCUT2D eigenvalue weighted by Crippen LogP contribution is 2.30. The largest absolute Gasteiger partial charge is 0.395 e. The van der Waals surface area contributed by atoms with Gasteiger partial charge in [0.25, 0.3) is 0 Å². The van der Waals surface area contributed by atoms with E-state index in [2.05, 4.69) is 28.7 Å². The monoisotopic (exact) mass is 235 g/mol. The molecule has 0 saturated heterocycles. The van der Waals surface area contributed by atoms with Gasteiger partial charge in [0.2, 0.25) is 5.95 Å². The second-order valence-electron chi connectivity index (χ2n) is 5.04. The summed E-state index contributed by atoms with van der Waals surface area (Å²) < 4.78 is 0. The quantitative estimate of drug-likeness (QED) is 0.846. The highest BCUT2D eigenvalue weighted by atomic mass is 16.3. The van der Waals surface area contributed by atoms with Crippen molar-refractivity contribution < 1.29 is 5.11 Å². The second kappa shape index (κ2) is 5.00. The van der Waals surface area contributed by atoms with Gasteiger partial charge in [-0.15, -0.1) is 0 Å². The lowest BCUT2D eigenvalue weighted by molar-refractivity contribution is 0.300. The van der Waals surface area contributed by atoms with E-state index in [9.17, 15) is 0 Å². The molecule has 4 heteroatoms. The first-order valence-corrected chi connectivity index (χ1v) is 6.35. The van der Waals surface area contributed by atoms with E-state index in [1.54, 1.807) is 0 Å². The Balaban J connectivity index is 2.28. The number of aliphatic hydroxyl groups is 1. The van der Waals surface area contributed by atoms with Gasteiger partial charge in [0.1, 0.15) is 0 Å². The van der Waals surface area contributed by atoms with Crippen LogP contribution in [-0.2, 0) is 0 Å². The summed E-state index contributed by atoms with van der Waals surface area (Å²) >= 11 is 0. The Hall–Kier alpha value is -1.16. The molecule has 0 aliphatic heterocycles. The number of aryl methyl sites for hydroxylation is 1. The average molecular weight is 235 g/mol. The van der Waals surface area contributed by atoms with Gasteiger partial charge in [0.15, 0.2) is 0 Å². The minimum atomic E-state index is 0.158. The number of aliphatic hydroxyl groups excluding tert-OH is 1. The van der Waals surface area contributed by atoms with Crippen molar-refractivity contribution in [3.8, 4) is 0 Å². The molecule has 1 fully saturated rings. The molecule has 0 amide bonds. The first-order valence-electron chi connectivity index (χ1n) is 6.35. The Morgan fingerprint density at radius 1 is 1.41 bits per heavy atom. The topological polar surface area (TPSA) is 49.2 Å². The molecule has 0 aromatic carbocycles. The van der Waals surface area contributed by atoms with E-state index in [-0.39, 0.29) is 6.61 Å². The van der Waals surface area contributed by atoms with Crippen LogP contribution in [0.1, 0.15) is 44.0 Å². The number of anilines is 1. The van der Waals surface area contributed by atoms with Crippen molar-refractivity contribution in [3.63, 3.8) is 0 Å². The molecular weight excluding hydrogens is 214 g/mol. The molecule has 0 radical (unpaired) electrons. The van der Waals surface area contributed by atoms with Crippen molar-refractivity contribution in [1.29, 1.82) is 0 Å². The van der Waals surface area contributed by atoms with E-state index in [1.807, 2.05) is 13.0 Å². The molecule has 4 nitrogen and oxygen atoms in total. The standard InChI is InChI=1S/C13H21N3O/c1-9(2)12-8-10(3)14-13(15-12)16(6-7-17)11-4-5-11/h8-9,11,17H,4-7H2,1-3H3. The third kappa shape index (κ3) is 2.94. The van der Waals surface area contributed by atoms with Gasteiger partial charge in [0, 0.05) is 24.0 Å². The van der Waals surface area contributed by atoms with Gasteiger partial charge in [0.05, 0.1) is 6.61 Å². The highest BCUT2D eigenvalue weighted by Gasteiger charge is 2.30. The Morgan fingerprint density at radius 3 is 2.65 bits per heavy atom. The molecule has 1 aromatic rings. The Kier molecular flexibility index (Phi) is 3.62. The fourth-order valence-corrected chi connectivity index (χ4v) is 1.94. The van der Waals surface area contributed by atoms with Crippen molar-refractivity contribution in [3.05, 3.63) is 17.5 Å². The summed E-state index contributed by atoms with van der Waals surface area (Å²) in [6.07, 6.45) is 2.38. The van der Waals surface area contributed by atoms with Gasteiger partial charge in [-0.3, -0.25) is 0 Å². The molecule has 0 spiro atoms. The van der Waals surface area contributed by atoms with Crippen LogP contribution in [-0.4, -0.2) is 34.3 Å². The summed E-state index contributed by atoms with van der Waals surface area (Å²) in [7, 11) is 0. The molecular formula is C13H21N3O. The molecule has 0 bridgehead atoms. The molecule has 1 aliphatic rings. The molecule has 0 atom stereocenters. The zero-order valence-electron chi connectivity index (χ0n) is 10.8. The molecule has 1 N–H and O–H groups in total. The minimum absolute atomic E-state index is 0.158. The molecule has 1 aromatic heterocycles. The molecule has 1 aliphatic carbocycles. The normalized spacial score (nSPS) is 15.4. The van der Waals surface area contributed by atoms with Crippen LogP contribution in [0.4, 0.5) is 5.95 Å². The summed E-state index contributed by atoms with van der Waals surface area (Å²) in [5.41, 5.74) is 2.08. The lowest BCUT2D eigenvalue weighted by Gasteiger charge is -2.22. The van der Waals surface area contributed by atoms with Gasteiger partial charge in [-0.25, -0.2) is 9.97 Å². The second-order valence-corrected chi connectivity index (χ2v) is 5.04. The third-order valence-corrected chi connectivity index (χ3v) is 3.04. The molecule has 2 rings (SSSR count). The van der Waals surface area contributed by atoms with Crippen LogP contribution >= 0.6 is 0 Å². The van der Waals surface area contributed by atoms with Gasteiger partial charge in [-0.1, -0.05) is 13.8 Å². The smallest absolute Gasteiger partial charge is 0.226 e. The van der Waals surface area contributed by atoms with Crippen LogP contribution in [0.2, 0.25) is 0 Å². The highest BCUT2D eigenvalue weighted by molar-refractivity contribution is 5.36. The fraction of sp³-hybridized carbons (Fsp3) is 0.692. The molecule has 94 valence electrons. The Labute approximate surface area is 103 Å². The van der Waals surface area contributed by atoms with E-state index in [0.29, 0.717) is 18.5 Å². The van der Waals surface area contributed by atoms with Gasteiger partial charge >= 0.3 is 0 Å². The molecule has 17 heavy (non-hydrogen) atoms. The van der Waals surface area contributed by atoms with E-state index < -0.39 is 0 Å². The fourth-order valence-electron chi connectivity index (χ4n) is 1.94. The minimum Gasteiger partial charge on any atom is -0.395 e. The first kappa shape index (κ1) is 12.3. The van der Waals surface area contributed by atoms with Crippen LogP contribution in [0.25, 0.3) is 0 Å². The summed E-state index contributed by atoms with van der Waals surface area (Å²) in [5, 5.41) is 9.13. The van der Waals surface area contributed by atoms with Crippen LogP contribution in [0.15, 0.2) is 6.07 Å². The lowest BCUT2D eigenvalue weighted by Crippen LogP contribution is -2.31. The van der Waals surface area contributed by atoms with Crippen LogP contribution in [0.5, 0.6) is 0 Å². The van der Waals surface area contributed by atoms with Crippen molar-refractivity contribution in [2.24, 2.45) is 0 Å². The van der Waals surface area contributed by atoms with E-state index in [1.165, 1.54) is 12.8 Å². The maximum atomic E-state index is 9.13. The number of nitrogens with zero attached hydrogens (tertiary/aromatic N) is 3. The SMILES string of the molecule is Cc1cc(C(C)C)nc(N(CCO)C2CC2)n1.